The summed E-state index contributed by atoms with van der Waals surface area (Å²) in [6.45, 7) is 7.53. The fourth-order valence-electron chi connectivity index (χ4n) is 1.93. The van der Waals surface area contributed by atoms with Crippen LogP contribution >= 0.6 is 0 Å². The van der Waals surface area contributed by atoms with Crippen molar-refractivity contribution in [2.45, 2.75) is 33.1 Å². The van der Waals surface area contributed by atoms with Gasteiger partial charge in [0.15, 0.2) is 0 Å². The van der Waals surface area contributed by atoms with Crippen LogP contribution in [-0.2, 0) is 0 Å². The minimum absolute atomic E-state index is 0.0161. The van der Waals surface area contributed by atoms with Gasteiger partial charge in [-0.15, -0.1) is 13.2 Å². The molecule has 0 aliphatic carbocycles. The zero-order valence-corrected chi connectivity index (χ0v) is 11.4. The number of hydrogen-bond acceptors (Lipinski definition) is 2. The molecule has 0 aliphatic heterocycles. The monoisotopic (exact) mass is 275 g/mol. The van der Waals surface area contributed by atoms with Gasteiger partial charge in [0.1, 0.15) is 5.75 Å². The van der Waals surface area contributed by atoms with E-state index in [1.807, 2.05) is 20.8 Å². The third kappa shape index (κ3) is 5.11. The summed E-state index contributed by atoms with van der Waals surface area (Å²) in [5, 5.41) is 3.20. The van der Waals surface area contributed by atoms with E-state index in [0.717, 1.165) is 13.1 Å². The first-order chi connectivity index (χ1) is 8.85. The van der Waals surface area contributed by atoms with Crippen LogP contribution in [0.15, 0.2) is 24.3 Å². The molecule has 19 heavy (non-hydrogen) atoms. The third-order valence-electron chi connectivity index (χ3n) is 3.21. The lowest BCUT2D eigenvalue weighted by atomic mass is 9.88. The zero-order chi connectivity index (χ0) is 14.5. The van der Waals surface area contributed by atoms with Gasteiger partial charge in [-0.05, 0) is 36.6 Å². The maximum Gasteiger partial charge on any atom is 0.573 e. The van der Waals surface area contributed by atoms with Crippen LogP contribution in [0.5, 0.6) is 5.75 Å². The van der Waals surface area contributed by atoms with Gasteiger partial charge >= 0.3 is 6.36 Å². The Labute approximate surface area is 112 Å². The highest BCUT2D eigenvalue weighted by Gasteiger charge is 2.32. The molecule has 2 nitrogen and oxygen atoms in total. The molecule has 2 unspecified atom stereocenters. The Hall–Kier alpha value is -1.23. The molecule has 0 saturated heterocycles. The number of para-hydroxylation sites is 1. The summed E-state index contributed by atoms with van der Waals surface area (Å²) >= 11 is 0. The predicted molar refractivity (Wildman–Crippen MR) is 69.2 cm³/mol. The molecule has 0 saturated carbocycles. The molecule has 0 radical (unpaired) electrons. The molecule has 1 aromatic carbocycles. The number of alkyl halides is 3. The van der Waals surface area contributed by atoms with Crippen molar-refractivity contribution in [2.75, 3.05) is 13.1 Å². The van der Waals surface area contributed by atoms with E-state index in [4.69, 9.17) is 0 Å². The summed E-state index contributed by atoms with van der Waals surface area (Å²) < 4.78 is 41.2. The maximum atomic E-state index is 12.4. The van der Waals surface area contributed by atoms with Gasteiger partial charge in [-0.1, -0.05) is 39.0 Å². The van der Waals surface area contributed by atoms with E-state index in [2.05, 4.69) is 10.1 Å². The average molecular weight is 275 g/mol. The summed E-state index contributed by atoms with van der Waals surface area (Å²) in [7, 11) is 0. The number of rotatable bonds is 6. The van der Waals surface area contributed by atoms with Gasteiger partial charge < -0.3 is 10.1 Å². The minimum atomic E-state index is -4.65. The zero-order valence-electron chi connectivity index (χ0n) is 11.4. The Kier molecular flexibility index (Phi) is 5.66. The molecule has 0 fully saturated rings. The lowest BCUT2D eigenvalue weighted by Crippen LogP contribution is -2.25. The first kappa shape index (κ1) is 15.8. The van der Waals surface area contributed by atoms with Crippen LogP contribution in [-0.4, -0.2) is 19.5 Å². The number of nitrogens with one attached hydrogen (secondary N) is 1. The topological polar surface area (TPSA) is 21.3 Å². The second-order valence-corrected chi connectivity index (χ2v) is 4.66. The van der Waals surface area contributed by atoms with Gasteiger partial charge in [-0.3, -0.25) is 0 Å². The Morgan fingerprint density at radius 3 is 2.42 bits per heavy atom. The highest BCUT2D eigenvalue weighted by molar-refractivity contribution is 5.36. The molecular formula is C14H20F3NO. The molecule has 1 rings (SSSR count). The largest absolute Gasteiger partial charge is 0.573 e. The quantitative estimate of drug-likeness (QED) is 0.849. The van der Waals surface area contributed by atoms with Crippen LogP contribution in [0, 0.1) is 5.92 Å². The van der Waals surface area contributed by atoms with Gasteiger partial charge in [-0.25, -0.2) is 0 Å². The van der Waals surface area contributed by atoms with Crippen molar-refractivity contribution in [1.29, 1.82) is 0 Å². The number of benzene rings is 1. The van der Waals surface area contributed by atoms with Gasteiger partial charge in [0, 0.05) is 0 Å². The van der Waals surface area contributed by atoms with Crippen molar-refractivity contribution in [3.63, 3.8) is 0 Å². The molecule has 5 heteroatoms. The van der Waals surface area contributed by atoms with Gasteiger partial charge in [0.05, 0.1) is 0 Å². The van der Waals surface area contributed by atoms with Gasteiger partial charge in [-0.2, -0.15) is 0 Å². The van der Waals surface area contributed by atoms with Crippen LogP contribution in [0.3, 0.4) is 0 Å². The van der Waals surface area contributed by atoms with Crippen molar-refractivity contribution in [2.24, 2.45) is 5.92 Å². The summed E-state index contributed by atoms with van der Waals surface area (Å²) in [6.07, 6.45) is -4.65. The average Bonchev–Trinajstić information content (AvgIpc) is 2.34. The molecule has 108 valence electrons. The number of ether oxygens (including phenoxy) is 1. The highest BCUT2D eigenvalue weighted by Crippen LogP contribution is 2.34. The summed E-state index contributed by atoms with van der Waals surface area (Å²) in [5.41, 5.74) is 0.588. The van der Waals surface area contributed by atoms with Crippen molar-refractivity contribution in [3.8, 4) is 5.75 Å². The van der Waals surface area contributed by atoms with Crippen LogP contribution in [0.25, 0.3) is 0 Å². The first-order valence-corrected chi connectivity index (χ1v) is 6.40. The Balaban J connectivity index is 2.87. The standard InChI is InChI=1S/C14H20F3NO/c1-4-18-9-10(2)11(3)12-7-5-6-8-13(12)19-14(15,16)17/h5-8,10-11,18H,4,9H2,1-3H3. The van der Waals surface area contributed by atoms with E-state index in [0.29, 0.717) is 5.56 Å². The van der Waals surface area contributed by atoms with E-state index < -0.39 is 6.36 Å². The number of hydrogen-bond donors (Lipinski definition) is 1. The third-order valence-corrected chi connectivity index (χ3v) is 3.21. The van der Waals surface area contributed by atoms with Crippen molar-refractivity contribution in [1.82, 2.24) is 5.32 Å². The molecule has 0 amide bonds. The second-order valence-electron chi connectivity index (χ2n) is 4.66. The van der Waals surface area contributed by atoms with Crippen LogP contribution in [0.4, 0.5) is 13.2 Å². The lowest BCUT2D eigenvalue weighted by Gasteiger charge is -2.23. The van der Waals surface area contributed by atoms with Gasteiger partial charge in [0.25, 0.3) is 0 Å². The van der Waals surface area contributed by atoms with E-state index in [9.17, 15) is 13.2 Å². The smallest absolute Gasteiger partial charge is 0.405 e. The van der Waals surface area contributed by atoms with Crippen LogP contribution in [0.2, 0.25) is 0 Å². The van der Waals surface area contributed by atoms with E-state index in [-0.39, 0.29) is 17.6 Å². The summed E-state index contributed by atoms with van der Waals surface area (Å²) in [6, 6.07) is 6.33. The minimum Gasteiger partial charge on any atom is -0.405 e. The molecule has 2 atom stereocenters. The first-order valence-electron chi connectivity index (χ1n) is 6.40. The molecule has 0 bridgehead atoms. The molecule has 1 aromatic rings. The predicted octanol–water partition coefficient (Wildman–Crippen LogP) is 3.93. The number of halogens is 3. The van der Waals surface area contributed by atoms with Crippen LogP contribution in [0.1, 0.15) is 32.3 Å². The maximum absolute atomic E-state index is 12.4. The molecular weight excluding hydrogens is 255 g/mol. The molecule has 0 aromatic heterocycles. The van der Waals surface area contributed by atoms with E-state index in [1.165, 1.54) is 6.07 Å². The van der Waals surface area contributed by atoms with Crippen molar-refractivity contribution >= 4 is 0 Å². The Morgan fingerprint density at radius 1 is 1.21 bits per heavy atom. The summed E-state index contributed by atoms with van der Waals surface area (Å²) in [4.78, 5) is 0. The molecule has 0 aliphatic rings. The Morgan fingerprint density at radius 2 is 1.84 bits per heavy atom. The fraction of sp³-hybridized carbons (Fsp3) is 0.571. The lowest BCUT2D eigenvalue weighted by molar-refractivity contribution is -0.275. The van der Waals surface area contributed by atoms with Crippen molar-refractivity contribution in [3.05, 3.63) is 29.8 Å². The van der Waals surface area contributed by atoms with Crippen molar-refractivity contribution < 1.29 is 17.9 Å². The molecule has 1 N–H and O–H groups in total. The highest BCUT2D eigenvalue weighted by atomic mass is 19.4. The molecule has 0 heterocycles. The second kappa shape index (κ2) is 6.80. The normalized spacial score (nSPS) is 15.1. The fourth-order valence-corrected chi connectivity index (χ4v) is 1.93. The van der Waals surface area contributed by atoms with Gasteiger partial charge in [0.2, 0.25) is 0 Å². The Bertz CT molecular complexity index is 393. The van der Waals surface area contributed by atoms with E-state index in [1.54, 1.807) is 18.2 Å². The summed E-state index contributed by atoms with van der Waals surface area (Å²) in [5.74, 6) is 0.0985. The molecule has 0 spiro atoms. The van der Waals surface area contributed by atoms with Crippen LogP contribution < -0.4 is 10.1 Å². The van der Waals surface area contributed by atoms with E-state index >= 15 is 0 Å². The SMILES string of the molecule is CCNCC(C)C(C)c1ccccc1OC(F)(F)F.